The lowest BCUT2D eigenvalue weighted by Crippen LogP contribution is -2.28. The van der Waals surface area contributed by atoms with Crippen LogP contribution in [0.1, 0.15) is 118 Å². The number of rotatable bonds is 10. The third-order valence-electron chi connectivity index (χ3n) is 6.07. The number of nitrogens with one attached hydrogen (secondary N) is 2. The van der Waals surface area contributed by atoms with Crippen LogP contribution in [0.3, 0.4) is 0 Å². The van der Waals surface area contributed by atoms with Crippen LogP contribution in [0.15, 0.2) is 36.4 Å². The first-order valence-corrected chi connectivity index (χ1v) is 12.2. The first kappa shape index (κ1) is 28.6. The maximum absolute atomic E-state index is 3.84. The normalized spacial score (nSPS) is 13.4. The van der Waals surface area contributed by atoms with Gasteiger partial charge in [-0.1, -0.05) is 91.8 Å². The molecule has 0 spiro atoms. The van der Waals surface area contributed by atoms with Crippen molar-refractivity contribution in [3.63, 3.8) is 0 Å². The van der Waals surface area contributed by atoms with Crippen LogP contribution < -0.4 is 10.6 Å². The first-order chi connectivity index (χ1) is 14.5. The van der Waals surface area contributed by atoms with E-state index in [1.807, 2.05) is 0 Å². The molecule has 0 aliphatic carbocycles. The van der Waals surface area contributed by atoms with Gasteiger partial charge in [0.05, 0.1) is 0 Å². The van der Waals surface area contributed by atoms with Crippen molar-refractivity contribution in [2.24, 2.45) is 0 Å². The second kappa shape index (κ2) is 12.7. The molecular formula is C29H49AlN2. The number of hydrogen-bond acceptors (Lipinski definition) is 2. The Kier molecular flexibility index (Phi) is 11.4. The Morgan fingerprint density at radius 1 is 0.531 bits per heavy atom. The Labute approximate surface area is 212 Å². The van der Waals surface area contributed by atoms with Crippen LogP contribution >= 0.6 is 0 Å². The Hall–Kier alpha value is -1.43. The number of hydrogen-bond donors (Lipinski definition) is 2. The molecule has 178 valence electrons. The van der Waals surface area contributed by atoms with E-state index in [0.717, 1.165) is 0 Å². The van der Waals surface area contributed by atoms with Gasteiger partial charge in [0.1, 0.15) is 0 Å². The summed E-state index contributed by atoms with van der Waals surface area (Å²) in [5, 5.41) is 7.68. The van der Waals surface area contributed by atoms with Crippen LogP contribution in [0.2, 0.25) is 0 Å². The van der Waals surface area contributed by atoms with Crippen molar-refractivity contribution < 1.29 is 2.85 Å². The zero-order chi connectivity index (χ0) is 23.3. The predicted molar refractivity (Wildman–Crippen MR) is 150 cm³/mol. The Morgan fingerprint density at radius 3 is 1.00 bits per heavy atom. The van der Waals surface area contributed by atoms with Crippen LogP contribution in [-0.2, 0) is 0 Å². The monoisotopic (exact) mass is 452 g/mol. The molecule has 2 nitrogen and oxygen atoms in total. The standard InChI is InChI=1S/C29H45N2.Al.2H2/c1-18(2)24-13-11-14-25(19(3)4)28(24)30-22(9)17-23(10)31-29-26(20(5)6)15-12-16-27(29)21(7)8;;;/h11-23,30-31H,1-10H3;;2*1H. The van der Waals surface area contributed by atoms with Crippen molar-refractivity contribution in [3.8, 4) is 0 Å². The van der Waals surface area contributed by atoms with Gasteiger partial charge >= 0.3 is 0 Å². The van der Waals surface area contributed by atoms with E-state index in [-0.39, 0.29) is 32.3 Å². The van der Waals surface area contributed by atoms with Crippen LogP contribution in [-0.4, -0.2) is 29.4 Å². The van der Waals surface area contributed by atoms with Crippen LogP contribution in [0.5, 0.6) is 0 Å². The van der Waals surface area contributed by atoms with Gasteiger partial charge in [-0.25, -0.2) is 0 Å². The fourth-order valence-electron chi connectivity index (χ4n) is 4.42. The van der Waals surface area contributed by atoms with E-state index in [4.69, 9.17) is 0 Å². The molecule has 2 unspecified atom stereocenters. The van der Waals surface area contributed by atoms with Gasteiger partial charge in [0.25, 0.3) is 0 Å². The third-order valence-corrected chi connectivity index (χ3v) is 6.07. The molecular weight excluding hydrogens is 403 g/mol. The molecule has 0 aliphatic heterocycles. The van der Waals surface area contributed by atoms with E-state index in [2.05, 4.69) is 123 Å². The minimum atomic E-state index is 0. The molecule has 2 atom stereocenters. The van der Waals surface area contributed by atoms with Gasteiger partial charge in [0, 0.05) is 50.1 Å². The summed E-state index contributed by atoms with van der Waals surface area (Å²) in [6, 6.07) is 14.0. The molecule has 0 heterocycles. The molecule has 0 saturated heterocycles. The van der Waals surface area contributed by atoms with Gasteiger partial charge in [-0.05, 0) is 59.8 Å². The maximum atomic E-state index is 3.84. The summed E-state index contributed by atoms with van der Waals surface area (Å²) < 4.78 is 0. The first-order valence-electron chi connectivity index (χ1n) is 12.2. The molecule has 2 N–H and O–H groups in total. The fourth-order valence-corrected chi connectivity index (χ4v) is 4.42. The van der Waals surface area contributed by atoms with E-state index in [1.165, 1.54) is 33.6 Å². The summed E-state index contributed by atoms with van der Waals surface area (Å²) in [4.78, 5) is 0. The smallest absolute Gasteiger partial charge is 0.0412 e. The predicted octanol–water partition coefficient (Wildman–Crippen LogP) is 8.80. The molecule has 4 radical (unpaired) electrons. The van der Waals surface area contributed by atoms with Gasteiger partial charge in [-0.2, -0.15) is 0 Å². The van der Waals surface area contributed by atoms with Crippen molar-refractivity contribution in [2.75, 3.05) is 10.6 Å². The average molecular weight is 453 g/mol. The van der Waals surface area contributed by atoms with Gasteiger partial charge in [-0.15, -0.1) is 0 Å². The zero-order valence-electron chi connectivity index (χ0n) is 22.1. The van der Waals surface area contributed by atoms with Gasteiger partial charge < -0.3 is 10.6 Å². The molecule has 0 fully saturated rings. The second-order valence-corrected chi connectivity index (χ2v) is 10.3. The van der Waals surface area contributed by atoms with Crippen molar-refractivity contribution in [2.45, 2.75) is 105 Å². The highest BCUT2D eigenvalue weighted by Gasteiger charge is 2.19. The summed E-state index contributed by atoms with van der Waals surface area (Å²) in [7, 11) is 0. The fraction of sp³-hybridized carbons (Fsp3) is 0.552. The van der Waals surface area contributed by atoms with Gasteiger partial charge in [0.2, 0.25) is 0 Å². The number of benzene rings is 2. The van der Waals surface area contributed by atoms with Gasteiger partial charge in [0.15, 0.2) is 0 Å². The Bertz CT molecular complexity index is 728. The molecule has 0 aromatic heterocycles. The lowest BCUT2D eigenvalue weighted by atomic mass is 9.91. The molecule has 32 heavy (non-hydrogen) atoms. The number of para-hydroxylation sites is 2. The quantitative estimate of drug-likeness (QED) is 0.352. The van der Waals surface area contributed by atoms with Gasteiger partial charge in [-0.3, -0.25) is 0 Å². The van der Waals surface area contributed by atoms with E-state index in [1.54, 1.807) is 0 Å². The molecule has 0 aliphatic rings. The van der Waals surface area contributed by atoms with Crippen molar-refractivity contribution in [1.29, 1.82) is 0 Å². The Morgan fingerprint density at radius 2 is 0.781 bits per heavy atom. The maximum Gasteiger partial charge on any atom is 0.0412 e. The highest BCUT2D eigenvalue weighted by atomic mass is 27.0. The lowest BCUT2D eigenvalue weighted by molar-refractivity contribution is 0.764. The largest absolute Gasteiger partial charge is 0.382 e. The highest BCUT2D eigenvalue weighted by Crippen LogP contribution is 2.35. The van der Waals surface area contributed by atoms with E-state index >= 15 is 0 Å². The molecule has 2 rings (SSSR count). The summed E-state index contributed by atoms with van der Waals surface area (Å²) in [5.41, 5.74) is 8.24. The summed E-state index contributed by atoms with van der Waals surface area (Å²) in [6.07, 6.45) is 2.39. The minimum absolute atomic E-state index is 0. The number of anilines is 2. The lowest BCUT2D eigenvalue weighted by Gasteiger charge is -2.28. The molecule has 2 aromatic carbocycles. The Balaban J connectivity index is 0. The zero-order valence-corrected chi connectivity index (χ0v) is 23.2. The SMILES string of the molecule is CC([CH]C(C)Nc1c(C(C)C)cccc1C(C)C)Nc1c(C(C)C)cccc1C(C)C.[Al].[HH].[HH]. The summed E-state index contributed by atoms with van der Waals surface area (Å²) >= 11 is 0. The topological polar surface area (TPSA) is 24.1 Å². The van der Waals surface area contributed by atoms with E-state index < -0.39 is 0 Å². The van der Waals surface area contributed by atoms with Crippen molar-refractivity contribution in [1.82, 2.24) is 0 Å². The van der Waals surface area contributed by atoms with E-state index in [0.29, 0.717) is 23.7 Å². The van der Waals surface area contributed by atoms with E-state index in [9.17, 15) is 0 Å². The van der Waals surface area contributed by atoms with Crippen molar-refractivity contribution >= 4 is 28.7 Å². The summed E-state index contributed by atoms with van der Waals surface area (Å²) in [6.45, 7) is 22.7. The van der Waals surface area contributed by atoms with Crippen LogP contribution in [0, 0.1) is 6.42 Å². The van der Waals surface area contributed by atoms with Crippen LogP contribution in [0.4, 0.5) is 11.4 Å². The third kappa shape index (κ3) is 7.29. The molecule has 0 saturated carbocycles. The summed E-state index contributed by atoms with van der Waals surface area (Å²) in [5.74, 6) is 1.98. The molecule has 2 aromatic rings. The molecule has 3 heteroatoms. The van der Waals surface area contributed by atoms with Crippen LogP contribution in [0.25, 0.3) is 0 Å². The van der Waals surface area contributed by atoms with Crippen molar-refractivity contribution in [3.05, 3.63) is 65.1 Å². The highest BCUT2D eigenvalue weighted by molar-refractivity contribution is 5.75. The average Bonchev–Trinajstić information content (AvgIpc) is 2.67. The molecule has 0 bridgehead atoms. The molecule has 0 amide bonds. The second-order valence-electron chi connectivity index (χ2n) is 10.3. The minimum Gasteiger partial charge on any atom is -0.382 e.